The number of hydrogen-bond donors (Lipinski definition) is 1. The molecule has 0 saturated heterocycles. The fourth-order valence-electron chi connectivity index (χ4n) is 3.63. The van der Waals surface area contributed by atoms with Crippen LogP contribution < -0.4 is 9.62 Å². The highest BCUT2D eigenvalue weighted by molar-refractivity contribution is 7.92. The van der Waals surface area contributed by atoms with Gasteiger partial charge in [0.2, 0.25) is 15.7 Å². The molecule has 0 saturated carbocycles. The zero-order chi connectivity index (χ0) is 23.0. The minimum Gasteiger partial charge on any atom is -0.441 e. The largest absolute Gasteiger partial charge is 0.441 e. The van der Waals surface area contributed by atoms with Crippen LogP contribution in [0.3, 0.4) is 0 Å². The summed E-state index contributed by atoms with van der Waals surface area (Å²) >= 11 is 5.76. The van der Waals surface area contributed by atoms with E-state index in [0.717, 1.165) is 6.26 Å². The van der Waals surface area contributed by atoms with E-state index < -0.39 is 15.4 Å². The van der Waals surface area contributed by atoms with E-state index in [0.29, 0.717) is 41.0 Å². The first-order valence-corrected chi connectivity index (χ1v) is 12.2. The van der Waals surface area contributed by atoms with Crippen LogP contribution in [0.2, 0.25) is 0 Å². The molecule has 0 aromatic carbocycles. The van der Waals surface area contributed by atoms with E-state index in [1.165, 1.54) is 23.5 Å². The number of carbonyl (C=O) groups excluding carboxylic acids is 1. The Balaban J connectivity index is 2.24. The third-order valence-corrected chi connectivity index (χ3v) is 6.71. The summed E-state index contributed by atoms with van der Waals surface area (Å²) < 4.78 is 45.5. The zero-order valence-corrected chi connectivity index (χ0v) is 19.4. The lowest BCUT2D eigenvalue weighted by atomic mass is 9.79. The molecule has 31 heavy (non-hydrogen) atoms. The van der Waals surface area contributed by atoms with Gasteiger partial charge < -0.3 is 9.73 Å². The number of furan rings is 1. The quantitative estimate of drug-likeness (QED) is 0.619. The number of fused-ring (bicyclic) bond motifs is 1. The van der Waals surface area contributed by atoms with Crippen molar-refractivity contribution >= 4 is 44.4 Å². The number of carbonyl (C=O) groups is 1. The second-order valence-electron chi connectivity index (χ2n) is 7.79. The standard InChI is InChI=1S/C21H25ClFN3O4S/c1-13-12-15-16(19(27)24-3)17(21(2)8-6-14(23)7-9-21)30-20(15)25-18(13)26(11-5-10-22)31(4,28)29/h6-8,12H,5,9-11H2,1-4H3,(H,24,27). The lowest BCUT2D eigenvalue weighted by Gasteiger charge is -2.25. The minimum absolute atomic E-state index is 0.137. The topological polar surface area (TPSA) is 92.5 Å². The number of aryl methyl sites for hydroxylation is 1. The van der Waals surface area contributed by atoms with Crippen LogP contribution in [0.15, 0.2) is 34.5 Å². The molecular formula is C21H25ClFN3O4S. The average Bonchev–Trinajstić information content (AvgIpc) is 3.08. The van der Waals surface area contributed by atoms with Crippen LogP contribution in [0.5, 0.6) is 0 Å². The number of nitrogens with zero attached hydrogens (tertiary/aromatic N) is 2. The number of alkyl halides is 1. The molecule has 10 heteroatoms. The van der Waals surface area contributed by atoms with Gasteiger partial charge in [-0.05, 0) is 50.5 Å². The fourth-order valence-corrected chi connectivity index (χ4v) is 4.71. The predicted molar refractivity (Wildman–Crippen MR) is 120 cm³/mol. The van der Waals surface area contributed by atoms with Crippen molar-refractivity contribution in [2.45, 2.75) is 32.1 Å². The Kier molecular flexibility index (Phi) is 6.48. The van der Waals surface area contributed by atoms with Gasteiger partial charge in [0.25, 0.3) is 5.91 Å². The van der Waals surface area contributed by atoms with Crippen molar-refractivity contribution in [3.8, 4) is 0 Å². The molecule has 1 aliphatic carbocycles. The van der Waals surface area contributed by atoms with Gasteiger partial charge in [-0.1, -0.05) is 6.08 Å². The van der Waals surface area contributed by atoms with E-state index in [-0.39, 0.29) is 29.8 Å². The Labute approximate surface area is 186 Å². The predicted octanol–water partition coefficient (Wildman–Crippen LogP) is 3.96. The summed E-state index contributed by atoms with van der Waals surface area (Å²) in [5.74, 6) is 0.147. The van der Waals surface area contributed by atoms with Gasteiger partial charge >= 0.3 is 0 Å². The van der Waals surface area contributed by atoms with Crippen molar-refractivity contribution in [3.05, 3.63) is 47.0 Å². The van der Waals surface area contributed by atoms with E-state index in [2.05, 4.69) is 10.3 Å². The van der Waals surface area contributed by atoms with Crippen LogP contribution in [0.4, 0.5) is 10.2 Å². The highest BCUT2D eigenvalue weighted by Gasteiger charge is 2.36. The molecule has 168 valence electrons. The molecule has 1 amide bonds. The normalized spacial score (nSPS) is 18.8. The van der Waals surface area contributed by atoms with Crippen LogP contribution in [-0.4, -0.2) is 45.0 Å². The maximum absolute atomic E-state index is 13.6. The number of pyridine rings is 1. The number of allylic oxidation sites excluding steroid dienone is 4. The molecule has 1 atom stereocenters. The molecule has 2 heterocycles. The molecule has 3 rings (SSSR count). The summed E-state index contributed by atoms with van der Waals surface area (Å²) in [6, 6.07) is 1.69. The number of halogens is 2. The number of sulfonamides is 1. The number of anilines is 1. The maximum atomic E-state index is 13.6. The summed E-state index contributed by atoms with van der Waals surface area (Å²) in [7, 11) is -2.10. The summed E-state index contributed by atoms with van der Waals surface area (Å²) in [6.45, 7) is 3.73. The Morgan fingerprint density at radius 3 is 2.71 bits per heavy atom. The van der Waals surface area contributed by atoms with Gasteiger partial charge in [-0.3, -0.25) is 9.10 Å². The van der Waals surface area contributed by atoms with E-state index in [1.54, 1.807) is 19.1 Å². The SMILES string of the molecule is CNC(=O)c1c(C2(C)C=CC(F)=CC2)oc2nc(N(CCCCl)S(C)(=O)=O)c(C)cc12. The van der Waals surface area contributed by atoms with Gasteiger partial charge in [0.05, 0.1) is 17.2 Å². The molecule has 1 unspecified atom stereocenters. The summed E-state index contributed by atoms with van der Waals surface area (Å²) in [4.78, 5) is 17.2. The van der Waals surface area contributed by atoms with Gasteiger partial charge in [-0.15, -0.1) is 11.6 Å². The van der Waals surface area contributed by atoms with Gasteiger partial charge in [0.15, 0.2) is 0 Å². The van der Waals surface area contributed by atoms with Gasteiger partial charge in [0, 0.05) is 24.9 Å². The zero-order valence-electron chi connectivity index (χ0n) is 17.8. The highest BCUT2D eigenvalue weighted by atomic mass is 35.5. The first-order chi connectivity index (χ1) is 14.5. The molecule has 2 aromatic heterocycles. The summed E-state index contributed by atoms with van der Waals surface area (Å²) in [5.41, 5.74) is 0.245. The molecule has 7 nitrogen and oxygen atoms in total. The van der Waals surface area contributed by atoms with E-state index in [1.807, 2.05) is 6.92 Å². The molecule has 0 aliphatic heterocycles. The van der Waals surface area contributed by atoms with Crippen LogP contribution in [0, 0.1) is 6.92 Å². The summed E-state index contributed by atoms with van der Waals surface area (Å²) in [5, 5.41) is 3.08. The van der Waals surface area contributed by atoms with Gasteiger partial charge in [0.1, 0.15) is 17.4 Å². The number of aromatic nitrogens is 1. The number of rotatable bonds is 7. The number of hydrogen-bond acceptors (Lipinski definition) is 5. The van der Waals surface area contributed by atoms with Crippen LogP contribution >= 0.6 is 11.6 Å². The smallest absolute Gasteiger partial charge is 0.255 e. The molecule has 0 radical (unpaired) electrons. The Morgan fingerprint density at radius 2 is 2.16 bits per heavy atom. The van der Waals surface area contributed by atoms with Crippen molar-refractivity contribution in [3.63, 3.8) is 0 Å². The Bertz CT molecular complexity index is 1190. The number of nitrogens with one attached hydrogen (secondary N) is 1. The van der Waals surface area contributed by atoms with E-state index >= 15 is 0 Å². The monoisotopic (exact) mass is 469 g/mol. The maximum Gasteiger partial charge on any atom is 0.255 e. The van der Waals surface area contributed by atoms with Crippen molar-refractivity contribution in [2.75, 3.05) is 30.0 Å². The third-order valence-electron chi connectivity index (χ3n) is 5.28. The van der Waals surface area contributed by atoms with Gasteiger partial charge in [-0.25, -0.2) is 12.8 Å². The van der Waals surface area contributed by atoms with E-state index in [4.69, 9.17) is 16.0 Å². The lowest BCUT2D eigenvalue weighted by molar-refractivity contribution is 0.0961. The second kappa shape index (κ2) is 8.63. The average molecular weight is 470 g/mol. The molecule has 0 spiro atoms. The van der Waals surface area contributed by atoms with Crippen LogP contribution in [0.25, 0.3) is 11.1 Å². The highest BCUT2D eigenvalue weighted by Crippen LogP contribution is 2.41. The Hall–Kier alpha value is -2.39. The molecule has 2 aromatic rings. The minimum atomic E-state index is -3.61. The molecular weight excluding hydrogens is 445 g/mol. The molecule has 0 fully saturated rings. The Morgan fingerprint density at radius 1 is 1.45 bits per heavy atom. The molecule has 1 N–H and O–H groups in total. The first kappa shape index (κ1) is 23.3. The summed E-state index contributed by atoms with van der Waals surface area (Å²) in [6.07, 6.45) is 6.28. The van der Waals surface area contributed by atoms with Gasteiger partial charge in [-0.2, -0.15) is 4.98 Å². The fraction of sp³-hybridized carbons (Fsp3) is 0.429. The lowest BCUT2D eigenvalue weighted by Crippen LogP contribution is -2.32. The van der Waals surface area contributed by atoms with Crippen molar-refractivity contribution in [1.29, 1.82) is 0 Å². The number of amides is 1. The second-order valence-corrected chi connectivity index (χ2v) is 10.1. The molecule has 1 aliphatic rings. The molecule has 0 bridgehead atoms. The third kappa shape index (κ3) is 4.48. The van der Waals surface area contributed by atoms with Crippen molar-refractivity contribution < 1.29 is 22.0 Å². The van der Waals surface area contributed by atoms with Crippen molar-refractivity contribution in [1.82, 2.24) is 10.3 Å². The van der Waals surface area contributed by atoms with E-state index in [9.17, 15) is 17.6 Å². The van der Waals surface area contributed by atoms with Crippen LogP contribution in [-0.2, 0) is 15.4 Å². The first-order valence-electron chi connectivity index (χ1n) is 9.77. The van der Waals surface area contributed by atoms with Crippen molar-refractivity contribution in [2.24, 2.45) is 0 Å². The van der Waals surface area contributed by atoms with Crippen LogP contribution in [0.1, 0.15) is 41.4 Å².